The summed E-state index contributed by atoms with van der Waals surface area (Å²) in [4.78, 5) is 2.63. The first-order chi connectivity index (χ1) is 7.40. The van der Waals surface area contributed by atoms with E-state index in [1.165, 1.54) is 45.3 Å². The van der Waals surface area contributed by atoms with Crippen molar-refractivity contribution in [3.8, 4) is 0 Å². The smallest absolute Gasteiger partial charge is 0.0702 e. The van der Waals surface area contributed by atoms with E-state index in [1.807, 2.05) is 0 Å². The van der Waals surface area contributed by atoms with Gasteiger partial charge in [0, 0.05) is 25.7 Å². The van der Waals surface area contributed by atoms with E-state index in [1.54, 1.807) is 0 Å². The molecule has 15 heavy (non-hydrogen) atoms. The Bertz CT molecular complexity index is 178. The molecule has 0 bridgehead atoms. The molecule has 3 nitrogen and oxygen atoms in total. The quantitative estimate of drug-likeness (QED) is 0.762. The molecule has 3 heteroatoms. The third kappa shape index (κ3) is 3.16. The number of nitrogens with one attached hydrogen (secondary N) is 1. The minimum absolute atomic E-state index is 0.491. The molecule has 0 radical (unpaired) electrons. The Morgan fingerprint density at radius 1 is 1.33 bits per heavy atom. The summed E-state index contributed by atoms with van der Waals surface area (Å²) in [6, 6.07) is 0.766. The number of hydrogen-bond donors (Lipinski definition) is 1. The summed E-state index contributed by atoms with van der Waals surface area (Å²) in [6.07, 6.45) is 5.75. The van der Waals surface area contributed by atoms with Crippen LogP contribution in [0.2, 0.25) is 0 Å². The molecule has 0 aromatic heterocycles. The highest BCUT2D eigenvalue weighted by Crippen LogP contribution is 2.18. The molecule has 2 unspecified atom stereocenters. The molecular formula is C12H24N2O. The van der Waals surface area contributed by atoms with Crippen LogP contribution in [0.1, 0.15) is 32.6 Å². The zero-order chi connectivity index (χ0) is 10.5. The van der Waals surface area contributed by atoms with Gasteiger partial charge in [-0.3, -0.25) is 4.90 Å². The van der Waals surface area contributed by atoms with E-state index in [0.717, 1.165) is 19.2 Å². The van der Waals surface area contributed by atoms with Gasteiger partial charge in [-0.2, -0.15) is 0 Å². The predicted octanol–water partition coefficient (Wildman–Crippen LogP) is 1.24. The average Bonchev–Trinajstić information content (AvgIpc) is 2.31. The van der Waals surface area contributed by atoms with Crippen molar-refractivity contribution in [1.29, 1.82) is 0 Å². The third-order valence-electron chi connectivity index (χ3n) is 3.60. The van der Waals surface area contributed by atoms with E-state index < -0.39 is 0 Å². The molecule has 2 heterocycles. The predicted molar refractivity (Wildman–Crippen MR) is 62.1 cm³/mol. The molecule has 0 amide bonds. The Hall–Kier alpha value is -0.120. The van der Waals surface area contributed by atoms with Gasteiger partial charge in [-0.1, -0.05) is 0 Å². The second kappa shape index (κ2) is 5.83. The van der Waals surface area contributed by atoms with Crippen molar-refractivity contribution in [1.82, 2.24) is 10.2 Å². The molecule has 88 valence electrons. The maximum absolute atomic E-state index is 5.74. The molecule has 2 fully saturated rings. The van der Waals surface area contributed by atoms with Crippen LogP contribution >= 0.6 is 0 Å². The summed E-state index contributed by atoms with van der Waals surface area (Å²) in [5.74, 6) is 0. The third-order valence-corrected chi connectivity index (χ3v) is 3.60. The van der Waals surface area contributed by atoms with E-state index in [2.05, 4.69) is 17.1 Å². The van der Waals surface area contributed by atoms with Crippen LogP contribution in [0.15, 0.2) is 0 Å². The monoisotopic (exact) mass is 212 g/mol. The number of ether oxygens (including phenoxy) is 1. The van der Waals surface area contributed by atoms with E-state index in [4.69, 9.17) is 4.74 Å². The molecule has 0 saturated carbocycles. The van der Waals surface area contributed by atoms with Gasteiger partial charge in [-0.05, 0) is 45.7 Å². The molecular weight excluding hydrogens is 188 g/mol. The molecule has 0 spiro atoms. The second-order valence-electron chi connectivity index (χ2n) is 4.71. The van der Waals surface area contributed by atoms with Crippen molar-refractivity contribution in [3.05, 3.63) is 0 Å². The van der Waals surface area contributed by atoms with Crippen molar-refractivity contribution in [2.75, 3.05) is 32.8 Å². The average molecular weight is 212 g/mol. The van der Waals surface area contributed by atoms with Crippen molar-refractivity contribution < 1.29 is 4.74 Å². The lowest BCUT2D eigenvalue weighted by Crippen LogP contribution is -2.51. The van der Waals surface area contributed by atoms with Crippen LogP contribution in [0.25, 0.3) is 0 Å². The second-order valence-corrected chi connectivity index (χ2v) is 4.71. The Morgan fingerprint density at radius 3 is 3.00 bits per heavy atom. The normalized spacial score (nSPS) is 34.2. The van der Waals surface area contributed by atoms with Gasteiger partial charge in [0.15, 0.2) is 0 Å². The molecule has 2 aliphatic heterocycles. The van der Waals surface area contributed by atoms with Crippen LogP contribution in [-0.4, -0.2) is 49.8 Å². The Kier molecular flexibility index (Phi) is 4.42. The highest BCUT2D eigenvalue weighted by Gasteiger charge is 2.26. The zero-order valence-electron chi connectivity index (χ0n) is 9.87. The maximum Gasteiger partial charge on any atom is 0.0702 e. The number of nitrogens with zero attached hydrogens (tertiary/aromatic N) is 1. The molecule has 2 aliphatic rings. The molecule has 2 saturated heterocycles. The van der Waals surface area contributed by atoms with Crippen molar-refractivity contribution in [2.24, 2.45) is 0 Å². The Balaban J connectivity index is 1.80. The topological polar surface area (TPSA) is 24.5 Å². The summed E-state index contributed by atoms with van der Waals surface area (Å²) in [6.45, 7) is 7.77. The van der Waals surface area contributed by atoms with Crippen LogP contribution in [-0.2, 0) is 4.74 Å². The standard InChI is InChI=1S/C12H24N2O/c1-2-15-12-6-4-8-14(10-12)11-5-3-7-13-9-11/h11-13H,2-10H2,1H3. The summed E-state index contributed by atoms with van der Waals surface area (Å²) >= 11 is 0. The SMILES string of the molecule is CCOC1CCCN(C2CCCNC2)C1. The van der Waals surface area contributed by atoms with E-state index in [-0.39, 0.29) is 0 Å². The summed E-state index contributed by atoms with van der Waals surface area (Å²) in [7, 11) is 0. The van der Waals surface area contributed by atoms with Gasteiger partial charge in [0.1, 0.15) is 0 Å². The molecule has 1 N–H and O–H groups in total. The van der Waals surface area contributed by atoms with Crippen LogP contribution in [0.3, 0.4) is 0 Å². The van der Waals surface area contributed by atoms with E-state index in [9.17, 15) is 0 Å². The summed E-state index contributed by atoms with van der Waals surface area (Å²) < 4.78 is 5.74. The van der Waals surface area contributed by atoms with Gasteiger partial charge < -0.3 is 10.1 Å². The minimum Gasteiger partial charge on any atom is -0.377 e. The number of hydrogen-bond acceptors (Lipinski definition) is 3. The van der Waals surface area contributed by atoms with Gasteiger partial charge in [-0.25, -0.2) is 0 Å². The number of piperidine rings is 2. The molecule has 0 aliphatic carbocycles. The first kappa shape index (κ1) is 11.4. The lowest BCUT2D eigenvalue weighted by atomic mass is 10.0. The minimum atomic E-state index is 0.491. The fraction of sp³-hybridized carbons (Fsp3) is 1.00. The maximum atomic E-state index is 5.74. The highest BCUT2D eigenvalue weighted by molar-refractivity contribution is 4.83. The summed E-state index contributed by atoms with van der Waals surface area (Å²) in [5.41, 5.74) is 0. The van der Waals surface area contributed by atoms with Gasteiger partial charge >= 0.3 is 0 Å². The van der Waals surface area contributed by atoms with Crippen LogP contribution in [0, 0.1) is 0 Å². The van der Waals surface area contributed by atoms with Crippen LogP contribution in [0.4, 0.5) is 0 Å². The zero-order valence-corrected chi connectivity index (χ0v) is 9.87. The first-order valence-corrected chi connectivity index (χ1v) is 6.46. The molecule has 0 aromatic rings. The largest absolute Gasteiger partial charge is 0.377 e. The van der Waals surface area contributed by atoms with Crippen molar-refractivity contribution >= 4 is 0 Å². The molecule has 2 atom stereocenters. The van der Waals surface area contributed by atoms with Gasteiger partial charge in [0.25, 0.3) is 0 Å². The number of likely N-dealkylation sites (tertiary alicyclic amines) is 1. The Labute approximate surface area is 93.2 Å². The van der Waals surface area contributed by atoms with Crippen LogP contribution < -0.4 is 5.32 Å². The lowest BCUT2D eigenvalue weighted by Gasteiger charge is -2.39. The van der Waals surface area contributed by atoms with Crippen LogP contribution in [0.5, 0.6) is 0 Å². The van der Waals surface area contributed by atoms with E-state index in [0.29, 0.717) is 6.10 Å². The first-order valence-electron chi connectivity index (χ1n) is 6.46. The molecule has 2 rings (SSSR count). The highest BCUT2D eigenvalue weighted by atomic mass is 16.5. The van der Waals surface area contributed by atoms with Gasteiger partial charge in [0.05, 0.1) is 6.10 Å². The van der Waals surface area contributed by atoms with Crippen molar-refractivity contribution in [2.45, 2.75) is 44.8 Å². The number of rotatable bonds is 3. The fourth-order valence-electron chi connectivity index (χ4n) is 2.81. The van der Waals surface area contributed by atoms with Gasteiger partial charge in [0.2, 0.25) is 0 Å². The fourth-order valence-corrected chi connectivity index (χ4v) is 2.81. The van der Waals surface area contributed by atoms with Gasteiger partial charge in [-0.15, -0.1) is 0 Å². The lowest BCUT2D eigenvalue weighted by molar-refractivity contribution is -0.0104. The van der Waals surface area contributed by atoms with Crippen molar-refractivity contribution in [3.63, 3.8) is 0 Å². The summed E-state index contributed by atoms with van der Waals surface area (Å²) in [5, 5.41) is 3.50. The molecule has 0 aromatic carbocycles. The van der Waals surface area contributed by atoms with E-state index >= 15 is 0 Å². The Morgan fingerprint density at radius 2 is 2.27 bits per heavy atom.